The van der Waals surface area contributed by atoms with E-state index in [0.717, 1.165) is 6.07 Å². The Labute approximate surface area is 126 Å². The fraction of sp³-hybridized carbons (Fsp3) is 0.462. The number of hydrogen-bond acceptors (Lipinski definition) is 4. The normalized spacial score (nSPS) is 13.1. The van der Waals surface area contributed by atoms with Crippen LogP contribution in [0.25, 0.3) is 10.4 Å². The molecule has 0 aliphatic carbocycles. The van der Waals surface area contributed by atoms with Gasteiger partial charge < -0.3 is 4.74 Å². The highest BCUT2D eigenvalue weighted by atomic mass is 35.5. The summed E-state index contributed by atoms with van der Waals surface area (Å²) in [7, 11) is 0. The number of nitrogens with zero attached hydrogens (tertiary/aromatic N) is 3. The first-order valence-corrected chi connectivity index (χ1v) is 6.72. The van der Waals surface area contributed by atoms with Gasteiger partial charge in [0.25, 0.3) is 0 Å². The van der Waals surface area contributed by atoms with Crippen LogP contribution < -0.4 is 5.32 Å². The zero-order valence-electron chi connectivity index (χ0n) is 11.8. The van der Waals surface area contributed by atoms with Crippen molar-refractivity contribution in [2.75, 3.05) is 19.7 Å². The Hall–Kier alpha value is -1.82. The third kappa shape index (κ3) is 4.32. The van der Waals surface area contributed by atoms with E-state index in [9.17, 15) is 9.18 Å². The van der Waals surface area contributed by atoms with Gasteiger partial charge in [-0.15, -0.1) is 0 Å². The number of rotatable bonds is 7. The summed E-state index contributed by atoms with van der Waals surface area (Å²) in [6, 6.07) is 3.77. The van der Waals surface area contributed by atoms with Crippen LogP contribution in [0.15, 0.2) is 23.3 Å². The predicted octanol–water partition coefficient (Wildman–Crippen LogP) is 3.16. The topological polar surface area (TPSA) is 87.1 Å². The molecule has 0 spiro atoms. The molecule has 0 saturated carbocycles. The first kappa shape index (κ1) is 17.2. The van der Waals surface area contributed by atoms with Gasteiger partial charge in [0.1, 0.15) is 11.4 Å². The van der Waals surface area contributed by atoms with Gasteiger partial charge in [0.2, 0.25) is 0 Å². The molecule has 0 saturated heterocycles. The molecule has 1 N–H and O–H groups in total. The van der Waals surface area contributed by atoms with Crippen molar-refractivity contribution in [2.24, 2.45) is 5.11 Å². The second-order valence-corrected chi connectivity index (χ2v) is 4.76. The number of ether oxygens (including phenoxy) is 1. The Kier molecular flexibility index (Phi) is 6.42. The molecule has 0 aliphatic rings. The van der Waals surface area contributed by atoms with Gasteiger partial charge in [0.15, 0.2) is 0 Å². The SMILES string of the molecule is CCOC(=O)C(C)(NCCN=[N+]=[N-])c1ccc(F)cc1Cl. The molecule has 0 aliphatic heterocycles. The summed E-state index contributed by atoms with van der Waals surface area (Å²) in [5.74, 6) is -1.04. The van der Waals surface area contributed by atoms with Crippen molar-refractivity contribution in [3.8, 4) is 0 Å². The number of carbonyl (C=O) groups is 1. The third-order valence-electron chi connectivity index (χ3n) is 2.91. The van der Waals surface area contributed by atoms with Crippen molar-refractivity contribution in [3.05, 3.63) is 45.0 Å². The lowest BCUT2D eigenvalue weighted by Crippen LogP contribution is -2.48. The van der Waals surface area contributed by atoms with Crippen LogP contribution in [0.5, 0.6) is 0 Å². The molecule has 8 heteroatoms. The van der Waals surface area contributed by atoms with E-state index < -0.39 is 17.3 Å². The standard InChI is InChI=1S/C13H16ClFN4O2/c1-3-21-12(20)13(2,17-6-7-18-19-16)10-5-4-9(15)8-11(10)14/h4-5,8,17H,3,6-7H2,1-2H3. The molecule has 0 radical (unpaired) electrons. The number of azide groups is 1. The second kappa shape index (κ2) is 7.83. The summed E-state index contributed by atoms with van der Waals surface area (Å²) in [6.07, 6.45) is 0. The number of esters is 1. The van der Waals surface area contributed by atoms with Crippen LogP contribution in [0.2, 0.25) is 5.02 Å². The van der Waals surface area contributed by atoms with Crippen LogP contribution in [-0.4, -0.2) is 25.7 Å². The van der Waals surface area contributed by atoms with Crippen molar-refractivity contribution in [3.63, 3.8) is 0 Å². The highest BCUT2D eigenvalue weighted by Crippen LogP contribution is 2.30. The van der Waals surface area contributed by atoms with Crippen molar-refractivity contribution >= 4 is 17.6 Å². The van der Waals surface area contributed by atoms with Crippen molar-refractivity contribution < 1.29 is 13.9 Å². The van der Waals surface area contributed by atoms with Crippen LogP contribution in [0.3, 0.4) is 0 Å². The van der Waals surface area contributed by atoms with Crippen molar-refractivity contribution in [1.82, 2.24) is 5.32 Å². The molecule has 1 unspecified atom stereocenters. The third-order valence-corrected chi connectivity index (χ3v) is 3.22. The fourth-order valence-corrected chi connectivity index (χ4v) is 2.20. The Bertz CT molecular complexity index is 563. The molecule has 0 amide bonds. The first-order valence-electron chi connectivity index (χ1n) is 6.34. The van der Waals surface area contributed by atoms with Gasteiger partial charge in [-0.1, -0.05) is 22.8 Å². The number of benzene rings is 1. The molecule has 0 heterocycles. The van der Waals surface area contributed by atoms with E-state index in [1.807, 2.05) is 0 Å². The van der Waals surface area contributed by atoms with E-state index in [0.29, 0.717) is 5.56 Å². The summed E-state index contributed by atoms with van der Waals surface area (Å²) in [6.45, 7) is 3.87. The molecule has 6 nitrogen and oxygen atoms in total. The summed E-state index contributed by atoms with van der Waals surface area (Å²) in [4.78, 5) is 14.9. The van der Waals surface area contributed by atoms with E-state index in [4.69, 9.17) is 21.9 Å². The van der Waals surface area contributed by atoms with E-state index in [1.165, 1.54) is 12.1 Å². The Morgan fingerprint density at radius 2 is 2.33 bits per heavy atom. The molecule has 1 rings (SSSR count). The minimum absolute atomic E-state index is 0.113. The molecule has 0 bridgehead atoms. The minimum atomic E-state index is -1.26. The van der Waals surface area contributed by atoms with Crippen molar-refractivity contribution in [2.45, 2.75) is 19.4 Å². The van der Waals surface area contributed by atoms with E-state index in [-0.39, 0.29) is 24.7 Å². The molecule has 1 aromatic carbocycles. The molecule has 1 atom stereocenters. The molecule has 0 aromatic heterocycles. The van der Waals surface area contributed by atoms with E-state index in [1.54, 1.807) is 13.8 Å². The molecule has 1 aromatic rings. The second-order valence-electron chi connectivity index (χ2n) is 4.35. The van der Waals surface area contributed by atoms with Gasteiger partial charge in [0, 0.05) is 28.6 Å². The number of halogens is 2. The highest BCUT2D eigenvalue weighted by Gasteiger charge is 2.37. The maximum Gasteiger partial charge on any atom is 0.330 e. The number of carbonyl (C=O) groups excluding carboxylic acids is 1. The van der Waals surface area contributed by atoms with Crippen LogP contribution in [-0.2, 0) is 15.1 Å². The summed E-state index contributed by atoms with van der Waals surface area (Å²) >= 11 is 6.03. The lowest BCUT2D eigenvalue weighted by molar-refractivity contribution is -0.151. The Balaban J connectivity index is 3.10. The molecular formula is C13H16ClFN4O2. The quantitative estimate of drug-likeness (QED) is 0.276. The molecular weight excluding hydrogens is 299 g/mol. The summed E-state index contributed by atoms with van der Waals surface area (Å²) in [5.41, 5.74) is 7.39. The first-order chi connectivity index (χ1) is 9.95. The molecule has 114 valence electrons. The molecule has 0 fully saturated rings. The van der Waals surface area contributed by atoms with Gasteiger partial charge in [-0.05, 0) is 31.5 Å². The summed E-state index contributed by atoms with van der Waals surface area (Å²) in [5, 5.41) is 6.44. The van der Waals surface area contributed by atoms with Gasteiger partial charge in [-0.3, -0.25) is 5.32 Å². The van der Waals surface area contributed by atoms with E-state index >= 15 is 0 Å². The Morgan fingerprint density at radius 3 is 2.90 bits per heavy atom. The predicted molar refractivity (Wildman–Crippen MR) is 77.4 cm³/mol. The van der Waals surface area contributed by atoms with Gasteiger partial charge in [-0.25, -0.2) is 9.18 Å². The average molecular weight is 315 g/mol. The van der Waals surface area contributed by atoms with Gasteiger partial charge in [0.05, 0.1) is 6.61 Å². The highest BCUT2D eigenvalue weighted by molar-refractivity contribution is 6.31. The van der Waals surface area contributed by atoms with Gasteiger partial charge >= 0.3 is 5.97 Å². The summed E-state index contributed by atoms with van der Waals surface area (Å²) < 4.78 is 18.2. The zero-order chi connectivity index (χ0) is 15.9. The smallest absolute Gasteiger partial charge is 0.330 e. The maximum atomic E-state index is 13.2. The van der Waals surface area contributed by atoms with Gasteiger partial charge in [-0.2, -0.15) is 0 Å². The largest absolute Gasteiger partial charge is 0.464 e. The minimum Gasteiger partial charge on any atom is -0.464 e. The number of nitrogens with one attached hydrogen (secondary N) is 1. The van der Waals surface area contributed by atoms with Crippen LogP contribution >= 0.6 is 11.6 Å². The Morgan fingerprint density at radius 1 is 1.62 bits per heavy atom. The van der Waals surface area contributed by atoms with E-state index in [2.05, 4.69) is 15.3 Å². The average Bonchev–Trinajstić information content (AvgIpc) is 2.43. The molecule has 21 heavy (non-hydrogen) atoms. The monoisotopic (exact) mass is 314 g/mol. The fourth-order valence-electron chi connectivity index (χ4n) is 1.85. The van der Waals surface area contributed by atoms with Crippen LogP contribution in [0, 0.1) is 5.82 Å². The lowest BCUT2D eigenvalue weighted by Gasteiger charge is -2.29. The lowest BCUT2D eigenvalue weighted by atomic mass is 9.91. The van der Waals surface area contributed by atoms with Crippen LogP contribution in [0.4, 0.5) is 4.39 Å². The van der Waals surface area contributed by atoms with Crippen molar-refractivity contribution in [1.29, 1.82) is 0 Å². The zero-order valence-corrected chi connectivity index (χ0v) is 12.5. The maximum absolute atomic E-state index is 13.2. The van der Waals surface area contributed by atoms with Crippen LogP contribution in [0.1, 0.15) is 19.4 Å². The number of hydrogen-bond donors (Lipinski definition) is 1.